The molecule has 0 unspecified atom stereocenters. The molecule has 0 amide bonds. The van der Waals surface area contributed by atoms with Crippen molar-refractivity contribution < 1.29 is 8.42 Å². The van der Waals surface area contributed by atoms with Crippen molar-refractivity contribution in [1.29, 1.82) is 0 Å². The van der Waals surface area contributed by atoms with Crippen molar-refractivity contribution in [2.24, 2.45) is 5.73 Å². The van der Waals surface area contributed by atoms with Crippen LogP contribution in [0.3, 0.4) is 0 Å². The highest BCUT2D eigenvalue weighted by Gasteiger charge is 2.23. The first-order valence-electron chi connectivity index (χ1n) is 6.28. The number of nitrogens with zero attached hydrogens (tertiary/aromatic N) is 1. The van der Waals surface area contributed by atoms with E-state index in [9.17, 15) is 8.42 Å². The van der Waals surface area contributed by atoms with Gasteiger partial charge in [0.25, 0.3) is 10.0 Å². The molecular formula is C15H16N2O2S2. The van der Waals surface area contributed by atoms with Gasteiger partial charge in [0.05, 0.1) is 10.6 Å². The molecule has 0 aromatic heterocycles. The zero-order chi connectivity index (χ0) is 15.6. The van der Waals surface area contributed by atoms with Crippen LogP contribution in [-0.2, 0) is 10.0 Å². The van der Waals surface area contributed by atoms with E-state index in [4.69, 9.17) is 18.0 Å². The first kappa shape index (κ1) is 15.5. The standard InChI is InChI=1S/C15H16N2O2S2/c1-11-6-3-4-9-14(11)21(18,19)17(2)13-8-5-7-12(10-13)15(16)20/h3-10H,1-2H3,(H2,16,20). The summed E-state index contributed by atoms with van der Waals surface area (Å²) in [5.41, 5.74) is 7.44. The van der Waals surface area contributed by atoms with Crippen LogP contribution in [0.2, 0.25) is 0 Å². The van der Waals surface area contributed by atoms with Gasteiger partial charge in [-0.3, -0.25) is 4.31 Å². The molecule has 2 N–H and O–H groups in total. The van der Waals surface area contributed by atoms with Crippen molar-refractivity contribution in [3.05, 3.63) is 59.7 Å². The third-order valence-corrected chi connectivity index (χ3v) is 5.41. The van der Waals surface area contributed by atoms with E-state index >= 15 is 0 Å². The van der Waals surface area contributed by atoms with Gasteiger partial charge in [-0.25, -0.2) is 8.42 Å². The van der Waals surface area contributed by atoms with E-state index in [-0.39, 0.29) is 9.88 Å². The molecule has 0 aliphatic rings. The minimum Gasteiger partial charge on any atom is -0.389 e. The summed E-state index contributed by atoms with van der Waals surface area (Å²) >= 11 is 4.93. The van der Waals surface area contributed by atoms with E-state index in [1.807, 2.05) is 6.07 Å². The molecule has 0 bridgehead atoms. The van der Waals surface area contributed by atoms with Gasteiger partial charge in [0.2, 0.25) is 0 Å². The van der Waals surface area contributed by atoms with Crippen molar-refractivity contribution in [3.8, 4) is 0 Å². The van der Waals surface area contributed by atoms with Gasteiger partial charge in [0.15, 0.2) is 0 Å². The van der Waals surface area contributed by atoms with E-state index in [0.29, 0.717) is 16.8 Å². The number of hydrogen-bond donors (Lipinski definition) is 1. The molecule has 110 valence electrons. The average Bonchev–Trinajstić information content (AvgIpc) is 2.46. The summed E-state index contributed by atoms with van der Waals surface area (Å²) in [6.45, 7) is 1.77. The lowest BCUT2D eigenvalue weighted by Gasteiger charge is -2.21. The highest BCUT2D eigenvalue weighted by molar-refractivity contribution is 7.92. The van der Waals surface area contributed by atoms with Gasteiger partial charge in [-0.2, -0.15) is 0 Å². The van der Waals surface area contributed by atoms with Gasteiger partial charge in [-0.05, 0) is 30.7 Å². The Kier molecular flexibility index (Phi) is 4.29. The van der Waals surface area contributed by atoms with Gasteiger partial charge < -0.3 is 5.73 Å². The predicted molar refractivity (Wildman–Crippen MR) is 89.1 cm³/mol. The molecular weight excluding hydrogens is 304 g/mol. The zero-order valence-corrected chi connectivity index (χ0v) is 13.4. The monoisotopic (exact) mass is 320 g/mol. The predicted octanol–water partition coefficient (Wildman–Crippen LogP) is 2.45. The van der Waals surface area contributed by atoms with Crippen LogP contribution in [0.15, 0.2) is 53.4 Å². The summed E-state index contributed by atoms with van der Waals surface area (Å²) in [6.07, 6.45) is 0. The second-order valence-corrected chi connectivity index (χ2v) is 7.03. The number of benzene rings is 2. The van der Waals surface area contributed by atoms with Crippen molar-refractivity contribution in [2.45, 2.75) is 11.8 Å². The zero-order valence-electron chi connectivity index (χ0n) is 11.8. The molecule has 0 spiro atoms. The van der Waals surface area contributed by atoms with Crippen molar-refractivity contribution in [1.82, 2.24) is 0 Å². The Labute approximate surface area is 130 Å². The highest BCUT2D eigenvalue weighted by atomic mass is 32.2. The van der Waals surface area contributed by atoms with Gasteiger partial charge >= 0.3 is 0 Å². The van der Waals surface area contributed by atoms with Crippen LogP contribution >= 0.6 is 12.2 Å². The molecule has 4 nitrogen and oxygen atoms in total. The fourth-order valence-corrected chi connectivity index (χ4v) is 3.53. The molecule has 0 aliphatic heterocycles. The number of sulfonamides is 1. The van der Waals surface area contributed by atoms with Crippen LogP contribution in [0.5, 0.6) is 0 Å². The van der Waals surface area contributed by atoms with Crippen LogP contribution in [0, 0.1) is 6.92 Å². The van der Waals surface area contributed by atoms with E-state index in [2.05, 4.69) is 0 Å². The Hall–Kier alpha value is -1.92. The van der Waals surface area contributed by atoms with Gasteiger partial charge in [0, 0.05) is 12.6 Å². The van der Waals surface area contributed by atoms with Crippen LogP contribution in [-0.4, -0.2) is 20.5 Å². The molecule has 0 atom stereocenters. The summed E-state index contributed by atoms with van der Waals surface area (Å²) in [4.78, 5) is 0.520. The minimum absolute atomic E-state index is 0.235. The maximum atomic E-state index is 12.7. The number of hydrogen-bond acceptors (Lipinski definition) is 3. The molecule has 0 heterocycles. The molecule has 0 saturated carbocycles. The van der Waals surface area contributed by atoms with E-state index in [1.165, 1.54) is 11.4 Å². The lowest BCUT2D eigenvalue weighted by atomic mass is 10.2. The summed E-state index contributed by atoms with van der Waals surface area (Å²) in [5.74, 6) is 0. The summed E-state index contributed by atoms with van der Waals surface area (Å²) in [5, 5.41) is 0. The maximum absolute atomic E-state index is 12.7. The Morgan fingerprint density at radius 1 is 1.14 bits per heavy atom. The van der Waals surface area contributed by atoms with E-state index in [0.717, 1.165) is 0 Å². The number of nitrogens with two attached hydrogens (primary N) is 1. The lowest BCUT2D eigenvalue weighted by Crippen LogP contribution is -2.27. The normalized spacial score (nSPS) is 11.1. The molecule has 2 aromatic rings. The Morgan fingerprint density at radius 3 is 2.43 bits per heavy atom. The Bertz CT molecular complexity index is 786. The third-order valence-electron chi connectivity index (χ3n) is 3.23. The second kappa shape index (κ2) is 5.83. The third kappa shape index (κ3) is 3.06. The molecule has 2 rings (SSSR count). The molecule has 0 radical (unpaired) electrons. The van der Waals surface area contributed by atoms with Gasteiger partial charge in [0.1, 0.15) is 4.99 Å². The molecule has 0 saturated heterocycles. The molecule has 21 heavy (non-hydrogen) atoms. The fourth-order valence-electron chi connectivity index (χ4n) is 1.99. The highest BCUT2D eigenvalue weighted by Crippen LogP contribution is 2.24. The second-order valence-electron chi connectivity index (χ2n) is 4.65. The summed E-state index contributed by atoms with van der Waals surface area (Å²) in [7, 11) is -2.10. The number of thiocarbonyl (C=S) groups is 1. The first-order valence-corrected chi connectivity index (χ1v) is 8.13. The van der Waals surface area contributed by atoms with Crippen molar-refractivity contribution >= 4 is 32.9 Å². The van der Waals surface area contributed by atoms with Crippen molar-refractivity contribution in [2.75, 3.05) is 11.4 Å². The molecule has 6 heteroatoms. The fraction of sp³-hybridized carbons (Fsp3) is 0.133. The number of aryl methyl sites for hydroxylation is 1. The Balaban J connectivity index is 2.48. The lowest BCUT2D eigenvalue weighted by molar-refractivity contribution is 0.594. The van der Waals surface area contributed by atoms with Crippen molar-refractivity contribution in [3.63, 3.8) is 0 Å². The topological polar surface area (TPSA) is 63.4 Å². The number of rotatable bonds is 4. The summed E-state index contributed by atoms with van der Waals surface area (Å²) < 4.78 is 26.6. The van der Waals surface area contributed by atoms with E-state index in [1.54, 1.807) is 49.4 Å². The summed E-state index contributed by atoms with van der Waals surface area (Å²) in [6, 6.07) is 13.7. The molecule has 0 fully saturated rings. The molecule has 2 aromatic carbocycles. The Morgan fingerprint density at radius 2 is 1.81 bits per heavy atom. The smallest absolute Gasteiger partial charge is 0.264 e. The molecule has 0 aliphatic carbocycles. The SMILES string of the molecule is Cc1ccccc1S(=O)(=O)N(C)c1cccc(C(N)=S)c1. The minimum atomic E-state index is -3.62. The largest absolute Gasteiger partial charge is 0.389 e. The van der Waals surface area contributed by atoms with Crippen LogP contribution < -0.4 is 10.0 Å². The number of anilines is 1. The van der Waals surface area contributed by atoms with E-state index < -0.39 is 10.0 Å². The maximum Gasteiger partial charge on any atom is 0.264 e. The van der Waals surface area contributed by atoms with Crippen LogP contribution in [0.1, 0.15) is 11.1 Å². The van der Waals surface area contributed by atoms with Crippen LogP contribution in [0.4, 0.5) is 5.69 Å². The first-order chi connectivity index (χ1) is 9.84. The average molecular weight is 320 g/mol. The van der Waals surface area contributed by atoms with Crippen LogP contribution in [0.25, 0.3) is 0 Å². The quantitative estimate of drug-likeness (QED) is 0.879. The van der Waals surface area contributed by atoms with Gasteiger partial charge in [-0.15, -0.1) is 0 Å². The van der Waals surface area contributed by atoms with Gasteiger partial charge in [-0.1, -0.05) is 42.5 Å².